The smallest absolute Gasteiger partial charge is 0.123 e. The van der Waals surface area contributed by atoms with Crippen LogP contribution in [0.4, 0.5) is 5.69 Å². The second-order valence-corrected chi connectivity index (χ2v) is 8.05. The van der Waals surface area contributed by atoms with Crippen LogP contribution in [0, 0.1) is 0 Å². The SMILES string of the molecule is CCCCCNc1cc(C(C)(C)C)c(O)c(C(C)(C)C)c1. The van der Waals surface area contributed by atoms with E-state index < -0.39 is 0 Å². The zero-order valence-electron chi connectivity index (χ0n) is 14.9. The van der Waals surface area contributed by atoms with Crippen molar-refractivity contribution in [3.8, 4) is 5.75 Å². The Kier molecular flexibility index (Phi) is 5.72. The summed E-state index contributed by atoms with van der Waals surface area (Å²) in [7, 11) is 0. The van der Waals surface area contributed by atoms with E-state index in [1.54, 1.807) is 0 Å². The van der Waals surface area contributed by atoms with E-state index in [-0.39, 0.29) is 10.8 Å². The third-order valence-electron chi connectivity index (χ3n) is 3.84. The maximum absolute atomic E-state index is 10.7. The standard InChI is InChI=1S/C19H33NO/c1-8-9-10-11-20-14-12-15(18(2,3)4)17(21)16(13-14)19(5,6)7/h12-13,20-21H,8-11H2,1-7H3. The molecule has 0 bridgehead atoms. The first-order valence-corrected chi connectivity index (χ1v) is 8.19. The molecule has 0 saturated heterocycles. The highest BCUT2D eigenvalue weighted by atomic mass is 16.3. The van der Waals surface area contributed by atoms with Gasteiger partial charge in [0, 0.05) is 23.4 Å². The Morgan fingerprint density at radius 3 is 1.76 bits per heavy atom. The normalized spacial score (nSPS) is 12.5. The van der Waals surface area contributed by atoms with Gasteiger partial charge in [-0.05, 0) is 29.4 Å². The number of benzene rings is 1. The van der Waals surface area contributed by atoms with Crippen molar-refractivity contribution >= 4 is 5.69 Å². The Morgan fingerprint density at radius 2 is 1.38 bits per heavy atom. The second-order valence-electron chi connectivity index (χ2n) is 8.05. The molecule has 1 aromatic rings. The molecule has 1 aromatic carbocycles. The summed E-state index contributed by atoms with van der Waals surface area (Å²) in [4.78, 5) is 0. The molecule has 0 amide bonds. The zero-order valence-corrected chi connectivity index (χ0v) is 14.9. The minimum atomic E-state index is -0.0643. The van der Waals surface area contributed by atoms with Gasteiger partial charge in [0.25, 0.3) is 0 Å². The van der Waals surface area contributed by atoms with Crippen molar-refractivity contribution in [2.45, 2.75) is 78.6 Å². The van der Waals surface area contributed by atoms with Crippen molar-refractivity contribution in [3.05, 3.63) is 23.3 Å². The molecule has 120 valence electrons. The lowest BCUT2D eigenvalue weighted by molar-refractivity contribution is 0.423. The van der Waals surface area contributed by atoms with E-state index in [9.17, 15) is 5.11 Å². The van der Waals surface area contributed by atoms with Crippen LogP contribution in [0.15, 0.2) is 12.1 Å². The van der Waals surface area contributed by atoms with E-state index >= 15 is 0 Å². The number of anilines is 1. The Balaban J connectivity index is 3.15. The van der Waals surface area contributed by atoms with Gasteiger partial charge in [0.05, 0.1) is 0 Å². The summed E-state index contributed by atoms with van der Waals surface area (Å²) in [6, 6.07) is 4.22. The first-order valence-electron chi connectivity index (χ1n) is 8.19. The van der Waals surface area contributed by atoms with Gasteiger partial charge in [-0.3, -0.25) is 0 Å². The average Bonchev–Trinajstić information content (AvgIpc) is 2.33. The van der Waals surface area contributed by atoms with Crippen LogP contribution in [0.1, 0.15) is 78.9 Å². The molecule has 0 aliphatic heterocycles. The van der Waals surface area contributed by atoms with Gasteiger partial charge in [0.15, 0.2) is 0 Å². The second kappa shape index (κ2) is 6.72. The lowest BCUT2D eigenvalue weighted by atomic mass is 9.79. The third kappa shape index (κ3) is 4.94. The first-order chi connectivity index (χ1) is 9.57. The first kappa shape index (κ1) is 17.9. The summed E-state index contributed by atoms with van der Waals surface area (Å²) in [6.45, 7) is 16.1. The summed E-state index contributed by atoms with van der Waals surface area (Å²) in [5.41, 5.74) is 3.04. The number of hydrogen-bond donors (Lipinski definition) is 2. The molecular formula is C19H33NO. The molecule has 0 aliphatic carbocycles. The molecule has 1 rings (SSSR count). The summed E-state index contributed by atoms with van der Waals surface area (Å²) in [6.07, 6.45) is 3.67. The Labute approximate surface area is 131 Å². The summed E-state index contributed by atoms with van der Waals surface area (Å²) >= 11 is 0. The topological polar surface area (TPSA) is 32.3 Å². The van der Waals surface area contributed by atoms with Crippen LogP contribution in [-0.4, -0.2) is 11.7 Å². The number of hydrogen-bond acceptors (Lipinski definition) is 2. The number of unbranched alkanes of at least 4 members (excludes halogenated alkanes) is 2. The van der Waals surface area contributed by atoms with E-state index in [1.807, 2.05) is 0 Å². The fourth-order valence-electron chi connectivity index (χ4n) is 2.49. The van der Waals surface area contributed by atoms with Gasteiger partial charge in [-0.1, -0.05) is 61.3 Å². The van der Waals surface area contributed by atoms with E-state index in [0.29, 0.717) is 5.75 Å². The van der Waals surface area contributed by atoms with Crippen LogP contribution >= 0.6 is 0 Å². The fourth-order valence-corrected chi connectivity index (χ4v) is 2.49. The highest BCUT2D eigenvalue weighted by Crippen LogP contribution is 2.40. The highest BCUT2D eigenvalue weighted by Gasteiger charge is 2.26. The molecule has 0 saturated carbocycles. The van der Waals surface area contributed by atoms with Crippen LogP contribution in [0.3, 0.4) is 0 Å². The van der Waals surface area contributed by atoms with E-state index in [2.05, 4.69) is 65.9 Å². The maximum atomic E-state index is 10.7. The molecule has 0 unspecified atom stereocenters. The average molecular weight is 291 g/mol. The van der Waals surface area contributed by atoms with Crippen molar-refractivity contribution in [1.82, 2.24) is 0 Å². The van der Waals surface area contributed by atoms with Crippen LogP contribution in [0.5, 0.6) is 5.75 Å². The van der Waals surface area contributed by atoms with Gasteiger partial charge in [-0.25, -0.2) is 0 Å². The van der Waals surface area contributed by atoms with Crippen LogP contribution in [0.25, 0.3) is 0 Å². The summed E-state index contributed by atoms with van der Waals surface area (Å²) in [5.74, 6) is 0.453. The largest absolute Gasteiger partial charge is 0.507 e. The van der Waals surface area contributed by atoms with Crippen molar-refractivity contribution in [2.75, 3.05) is 11.9 Å². The van der Waals surface area contributed by atoms with Crippen molar-refractivity contribution in [1.29, 1.82) is 0 Å². The number of aromatic hydroxyl groups is 1. The zero-order chi connectivity index (χ0) is 16.3. The molecular weight excluding hydrogens is 258 g/mol. The lowest BCUT2D eigenvalue weighted by Crippen LogP contribution is -2.18. The molecule has 0 fully saturated rings. The monoisotopic (exact) mass is 291 g/mol. The van der Waals surface area contributed by atoms with Gasteiger partial charge in [0.1, 0.15) is 5.75 Å². The third-order valence-corrected chi connectivity index (χ3v) is 3.84. The molecule has 0 heterocycles. The van der Waals surface area contributed by atoms with Crippen LogP contribution < -0.4 is 5.32 Å². The molecule has 0 aromatic heterocycles. The molecule has 2 N–H and O–H groups in total. The number of rotatable bonds is 5. The summed E-state index contributed by atoms with van der Waals surface area (Å²) < 4.78 is 0. The molecule has 0 spiro atoms. The minimum absolute atomic E-state index is 0.0643. The Bertz CT molecular complexity index is 428. The molecule has 21 heavy (non-hydrogen) atoms. The van der Waals surface area contributed by atoms with Gasteiger partial charge >= 0.3 is 0 Å². The van der Waals surface area contributed by atoms with Gasteiger partial charge in [-0.15, -0.1) is 0 Å². The predicted molar refractivity (Wildman–Crippen MR) is 93.5 cm³/mol. The van der Waals surface area contributed by atoms with Crippen molar-refractivity contribution in [3.63, 3.8) is 0 Å². The minimum Gasteiger partial charge on any atom is -0.507 e. The molecule has 2 heteroatoms. The van der Waals surface area contributed by atoms with Gasteiger partial charge < -0.3 is 10.4 Å². The van der Waals surface area contributed by atoms with E-state index in [1.165, 1.54) is 19.3 Å². The highest BCUT2D eigenvalue weighted by molar-refractivity contribution is 5.59. The van der Waals surface area contributed by atoms with E-state index in [4.69, 9.17) is 0 Å². The van der Waals surface area contributed by atoms with Crippen LogP contribution in [-0.2, 0) is 10.8 Å². The number of phenolic OH excluding ortho intramolecular Hbond substituents is 1. The fraction of sp³-hybridized carbons (Fsp3) is 0.684. The van der Waals surface area contributed by atoms with Crippen LogP contribution in [0.2, 0.25) is 0 Å². The predicted octanol–water partition coefficient (Wildman–Crippen LogP) is 5.59. The number of phenols is 1. The van der Waals surface area contributed by atoms with Gasteiger partial charge in [-0.2, -0.15) is 0 Å². The van der Waals surface area contributed by atoms with Crippen molar-refractivity contribution < 1.29 is 5.11 Å². The van der Waals surface area contributed by atoms with Crippen molar-refractivity contribution in [2.24, 2.45) is 0 Å². The molecule has 0 radical (unpaired) electrons. The lowest BCUT2D eigenvalue weighted by Gasteiger charge is -2.28. The molecule has 0 aliphatic rings. The number of nitrogens with one attached hydrogen (secondary N) is 1. The quantitative estimate of drug-likeness (QED) is 0.547. The van der Waals surface area contributed by atoms with E-state index in [0.717, 1.165) is 23.4 Å². The Morgan fingerprint density at radius 1 is 0.905 bits per heavy atom. The Hall–Kier alpha value is -1.18. The maximum Gasteiger partial charge on any atom is 0.123 e. The molecule has 2 nitrogen and oxygen atoms in total. The molecule has 0 atom stereocenters. The van der Waals surface area contributed by atoms with Gasteiger partial charge in [0.2, 0.25) is 0 Å². The summed E-state index contributed by atoms with van der Waals surface area (Å²) in [5, 5.41) is 14.2.